The summed E-state index contributed by atoms with van der Waals surface area (Å²) in [7, 11) is 1.86. The highest BCUT2D eigenvalue weighted by molar-refractivity contribution is 6.34. The predicted octanol–water partition coefficient (Wildman–Crippen LogP) is 3.96. The van der Waals surface area contributed by atoms with Gasteiger partial charge in [0.2, 0.25) is 5.91 Å². The van der Waals surface area contributed by atoms with Gasteiger partial charge < -0.3 is 15.5 Å². The third kappa shape index (κ3) is 5.15. The highest BCUT2D eigenvalue weighted by Crippen LogP contribution is 2.27. The molecule has 1 aliphatic carbocycles. The Morgan fingerprint density at radius 1 is 1.22 bits per heavy atom. The maximum atomic E-state index is 12.8. The Kier molecular flexibility index (Phi) is 7.95. The molecule has 7 heteroatoms. The Hall–Kier alpha value is -1.30. The van der Waals surface area contributed by atoms with Gasteiger partial charge in [0, 0.05) is 24.7 Å². The van der Waals surface area contributed by atoms with E-state index < -0.39 is 0 Å². The van der Waals surface area contributed by atoms with Gasteiger partial charge in [-0.2, -0.15) is 0 Å². The Labute approximate surface area is 172 Å². The molecule has 2 fully saturated rings. The minimum absolute atomic E-state index is 0. The summed E-state index contributed by atoms with van der Waals surface area (Å²) < 4.78 is 0. The average molecular weight is 414 g/mol. The van der Waals surface area contributed by atoms with Gasteiger partial charge in [-0.1, -0.05) is 37.8 Å². The highest BCUT2D eigenvalue weighted by atomic mass is 35.5. The fourth-order valence-corrected chi connectivity index (χ4v) is 3.99. The second-order valence-electron chi connectivity index (χ2n) is 7.60. The van der Waals surface area contributed by atoms with E-state index in [4.69, 9.17) is 11.6 Å². The van der Waals surface area contributed by atoms with E-state index in [0.717, 1.165) is 25.9 Å². The quantitative estimate of drug-likeness (QED) is 0.767. The number of nitrogens with one attached hydrogen (secondary N) is 2. The summed E-state index contributed by atoms with van der Waals surface area (Å²) in [6.07, 6.45) is 5.72. The SMILES string of the molecule is CC(C(=O)Nc1ccc(C(=O)N(C)C2CCCCC2)c(Cl)c1)C1CNC1.Cl. The fraction of sp³-hybridized carbons (Fsp3) is 0.600. The molecule has 0 radical (unpaired) electrons. The number of anilines is 1. The van der Waals surface area contributed by atoms with Crippen molar-refractivity contribution in [3.8, 4) is 0 Å². The molecule has 1 aromatic rings. The van der Waals surface area contributed by atoms with Crippen LogP contribution in [-0.2, 0) is 4.79 Å². The van der Waals surface area contributed by atoms with Crippen molar-refractivity contribution in [2.75, 3.05) is 25.5 Å². The minimum Gasteiger partial charge on any atom is -0.339 e. The Balaban J connectivity index is 0.00000261. The number of carbonyl (C=O) groups is 2. The molecule has 2 N–H and O–H groups in total. The van der Waals surface area contributed by atoms with Crippen molar-refractivity contribution in [2.24, 2.45) is 11.8 Å². The second kappa shape index (κ2) is 9.76. The van der Waals surface area contributed by atoms with Gasteiger partial charge in [-0.25, -0.2) is 0 Å². The van der Waals surface area contributed by atoms with Gasteiger partial charge in [0.25, 0.3) is 5.91 Å². The van der Waals surface area contributed by atoms with Gasteiger partial charge in [-0.15, -0.1) is 12.4 Å². The van der Waals surface area contributed by atoms with Crippen molar-refractivity contribution in [2.45, 2.75) is 45.1 Å². The summed E-state index contributed by atoms with van der Waals surface area (Å²) in [5.41, 5.74) is 1.13. The van der Waals surface area contributed by atoms with Crippen molar-refractivity contribution in [3.05, 3.63) is 28.8 Å². The Bertz CT molecular complexity index is 673. The van der Waals surface area contributed by atoms with Gasteiger partial charge >= 0.3 is 0 Å². The van der Waals surface area contributed by atoms with E-state index in [0.29, 0.717) is 28.2 Å². The Morgan fingerprint density at radius 2 is 1.89 bits per heavy atom. The maximum Gasteiger partial charge on any atom is 0.255 e. The maximum absolute atomic E-state index is 12.8. The smallest absolute Gasteiger partial charge is 0.255 e. The molecule has 1 saturated heterocycles. The van der Waals surface area contributed by atoms with Crippen molar-refractivity contribution >= 4 is 41.5 Å². The van der Waals surface area contributed by atoms with Crippen LogP contribution in [0.15, 0.2) is 18.2 Å². The summed E-state index contributed by atoms with van der Waals surface area (Å²) >= 11 is 6.36. The van der Waals surface area contributed by atoms with Crippen LogP contribution < -0.4 is 10.6 Å². The van der Waals surface area contributed by atoms with Crippen molar-refractivity contribution in [1.29, 1.82) is 0 Å². The first-order valence-corrected chi connectivity index (χ1v) is 9.93. The van der Waals surface area contributed by atoms with Gasteiger partial charge in [0.1, 0.15) is 0 Å². The number of nitrogens with zero attached hydrogens (tertiary/aromatic N) is 1. The van der Waals surface area contributed by atoms with Crippen molar-refractivity contribution in [1.82, 2.24) is 10.2 Å². The predicted molar refractivity (Wildman–Crippen MR) is 112 cm³/mol. The van der Waals surface area contributed by atoms with Gasteiger partial charge in [0.15, 0.2) is 0 Å². The molecule has 1 atom stereocenters. The molecule has 1 saturated carbocycles. The van der Waals surface area contributed by atoms with Crippen LogP contribution in [0, 0.1) is 11.8 Å². The summed E-state index contributed by atoms with van der Waals surface area (Å²) in [6, 6.07) is 5.45. The standard InChI is InChI=1S/C20H28ClN3O2.ClH/c1-13(14-11-22-12-14)19(25)23-15-8-9-17(18(21)10-15)20(26)24(2)16-6-4-3-5-7-16;/h8-10,13-14,16,22H,3-7,11-12H2,1-2H3,(H,23,25);1H. The Morgan fingerprint density at radius 3 is 2.44 bits per heavy atom. The van der Waals surface area contributed by atoms with Crippen molar-refractivity contribution < 1.29 is 9.59 Å². The molecule has 0 spiro atoms. The molecule has 1 unspecified atom stereocenters. The number of benzene rings is 1. The van der Waals surface area contributed by atoms with E-state index in [1.807, 2.05) is 18.9 Å². The molecule has 2 amide bonds. The van der Waals surface area contributed by atoms with Crippen LogP contribution in [0.3, 0.4) is 0 Å². The van der Waals surface area contributed by atoms with E-state index in [-0.39, 0.29) is 30.1 Å². The molecule has 1 aromatic carbocycles. The lowest BCUT2D eigenvalue weighted by atomic mass is 9.88. The third-order valence-corrected chi connectivity index (χ3v) is 6.16. The number of carbonyl (C=O) groups excluding carboxylic acids is 2. The average Bonchev–Trinajstić information content (AvgIpc) is 2.60. The zero-order chi connectivity index (χ0) is 18.7. The highest BCUT2D eigenvalue weighted by Gasteiger charge is 2.29. The lowest BCUT2D eigenvalue weighted by molar-refractivity contribution is -0.121. The first-order chi connectivity index (χ1) is 12.5. The number of rotatable bonds is 5. The van der Waals surface area contributed by atoms with E-state index in [2.05, 4.69) is 10.6 Å². The lowest BCUT2D eigenvalue weighted by Gasteiger charge is -2.32. The monoisotopic (exact) mass is 413 g/mol. The number of hydrogen-bond donors (Lipinski definition) is 2. The molecule has 27 heavy (non-hydrogen) atoms. The topological polar surface area (TPSA) is 61.4 Å². The van der Waals surface area contributed by atoms with E-state index in [1.54, 1.807) is 18.2 Å². The van der Waals surface area contributed by atoms with E-state index in [1.165, 1.54) is 19.3 Å². The van der Waals surface area contributed by atoms with E-state index in [9.17, 15) is 9.59 Å². The van der Waals surface area contributed by atoms with E-state index >= 15 is 0 Å². The van der Waals surface area contributed by atoms with Gasteiger partial charge in [0.05, 0.1) is 10.6 Å². The molecular formula is C20H29Cl2N3O2. The van der Waals surface area contributed by atoms with Crippen LogP contribution in [0.2, 0.25) is 5.02 Å². The van der Waals surface area contributed by atoms with Crippen molar-refractivity contribution in [3.63, 3.8) is 0 Å². The normalized spacial score (nSPS) is 18.8. The zero-order valence-corrected chi connectivity index (χ0v) is 17.5. The van der Waals surface area contributed by atoms with Crippen LogP contribution in [0.25, 0.3) is 0 Å². The number of amides is 2. The molecule has 0 aromatic heterocycles. The summed E-state index contributed by atoms with van der Waals surface area (Å²) in [4.78, 5) is 26.9. The molecule has 2 aliphatic rings. The summed E-state index contributed by atoms with van der Waals surface area (Å²) in [5.74, 6) is 0.281. The molecule has 5 nitrogen and oxygen atoms in total. The van der Waals surface area contributed by atoms with Crippen LogP contribution in [0.4, 0.5) is 5.69 Å². The molecule has 1 aliphatic heterocycles. The van der Waals surface area contributed by atoms with Gasteiger partial charge in [-0.3, -0.25) is 9.59 Å². The fourth-order valence-electron chi connectivity index (χ4n) is 3.73. The van der Waals surface area contributed by atoms with Crippen LogP contribution >= 0.6 is 24.0 Å². The zero-order valence-electron chi connectivity index (χ0n) is 16.0. The molecule has 150 valence electrons. The largest absolute Gasteiger partial charge is 0.339 e. The first-order valence-electron chi connectivity index (χ1n) is 9.55. The van der Waals surface area contributed by atoms with Crippen LogP contribution in [0.1, 0.15) is 49.4 Å². The lowest BCUT2D eigenvalue weighted by Crippen LogP contribution is -2.48. The van der Waals surface area contributed by atoms with Crippen LogP contribution in [-0.4, -0.2) is 42.9 Å². The number of hydrogen-bond acceptors (Lipinski definition) is 3. The summed E-state index contributed by atoms with van der Waals surface area (Å²) in [5, 5.41) is 6.48. The van der Waals surface area contributed by atoms with Crippen LogP contribution in [0.5, 0.6) is 0 Å². The molecule has 3 rings (SSSR count). The third-order valence-electron chi connectivity index (χ3n) is 5.84. The number of halogens is 2. The molecule has 0 bridgehead atoms. The summed E-state index contributed by atoms with van der Waals surface area (Å²) in [6.45, 7) is 3.71. The first kappa shape index (κ1) is 22.0. The molecular weight excluding hydrogens is 385 g/mol. The molecule has 1 heterocycles. The minimum atomic E-state index is -0.0475. The van der Waals surface area contributed by atoms with Gasteiger partial charge in [-0.05, 0) is 50.0 Å². The second-order valence-corrected chi connectivity index (χ2v) is 8.01.